The maximum absolute atomic E-state index is 11.3. The van der Waals surface area contributed by atoms with E-state index in [2.05, 4.69) is 15.2 Å². The highest BCUT2D eigenvalue weighted by Crippen LogP contribution is 1.97. The first kappa shape index (κ1) is 9.91. The van der Waals surface area contributed by atoms with Crippen molar-refractivity contribution in [2.45, 2.75) is 13.0 Å². The van der Waals surface area contributed by atoms with Crippen LogP contribution in [0.15, 0.2) is 17.2 Å². The van der Waals surface area contributed by atoms with Gasteiger partial charge in [-0.3, -0.25) is 9.67 Å². The van der Waals surface area contributed by atoms with Crippen LogP contribution in [0.25, 0.3) is 0 Å². The van der Waals surface area contributed by atoms with Crippen LogP contribution in [0.4, 0.5) is 0 Å². The summed E-state index contributed by atoms with van der Waals surface area (Å²) in [5, 5.41) is 5.03. The molecule has 0 saturated carbocycles. The minimum Gasteiger partial charge on any atom is -0.338 e. The molecule has 2 rings (SSSR count). The van der Waals surface area contributed by atoms with Crippen LogP contribution in [0.5, 0.6) is 0 Å². The number of aromatic amines is 2. The molecule has 0 aliphatic heterocycles. The number of imidazole rings is 1. The Balaban J connectivity index is 2.15. The normalized spacial score (nSPS) is 10.7. The van der Waals surface area contributed by atoms with Crippen molar-refractivity contribution < 1.29 is 0 Å². The molecule has 0 aliphatic carbocycles. The summed E-state index contributed by atoms with van der Waals surface area (Å²) in [4.78, 5) is 15.4. The van der Waals surface area contributed by atoms with E-state index in [1.54, 1.807) is 6.20 Å². The standard InChI is InChI=1S/C8H11N5OS/c1-12-5-3-9-6(12)2-4-13-7(14)10-11-8(13)15/h3,5H,2,4H2,1H3,(H,10,14)(H,11,15). The van der Waals surface area contributed by atoms with Gasteiger partial charge in [0.05, 0.1) is 0 Å². The van der Waals surface area contributed by atoms with Crippen LogP contribution in [0, 0.1) is 4.77 Å². The first-order chi connectivity index (χ1) is 7.18. The Labute approximate surface area is 90.6 Å². The highest BCUT2D eigenvalue weighted by Gasteiger charge is 2.03. The average molecular weight is 225 g/mol. The third-order valence-corrected chi connectivity index (χ3v) is 2.57. The number of rotatable bonds is 3. The predicted molar refractivity (Wildman–Crippen MR) is 57.1 cm³/mol. The van der Waals surface area contributed by atoms with Gasteiger partial charge in [-0.25, -0.2) is 14.9 Å². The summed E-state index contributed by atoms with van der Waals surface area (Å²) in [5.41, 5.74) is -0.214. The van der Waals surface area contributed by atoms with Crippen molar-refractivity contribution >= 4 is 12.2 Å². The molecule has 0 aromatic carbocycles. The number of H-pyrrole nitrogens is 2. The van der Waals surface area contributed by atoms with Crippen molar-refractivity contribution in [3.63, 3.8) is 0 Å². The zero-order valence-electron chi connectivity index (χ0n) is 8.23. The topological polar surface area (TPSA) is 71.4 Å². The maximum Gasteiger partial charge on any atom is 0.342 e. The molecule has 0 bridgehead atoms. The fraction of sp³-hybridized carbons (Fsp3) is 0.375. The maximum atomic E-state index is 11.3. The molecule has 2 aromatic rings. The van der Waals surface area contributed by atoms with Gasteiger partial charge in [-0.2, -0.15) is 0 Å². The number of hydrogen-bond donors (Lipinski definition) is 2. The zero-order valence-corrected chi connectivity index (χ0v) is 9.04. The van der Waals surface area contributed by atoms with Gasteiger partial charge < -0.3 is 4.57 Å². The van der Waals surface area contributed by atoms with E-state index >= 15 is 0 Å². The van der Waals surface area contributed by atoms with Gasteiger partial charge >= 0.3 is 5.69 Å². The smallest absolute Gasteiger partial charge is 0.338 e. The second kappa shape index (κ2) is 3.85. The lowest BCUT2D eigenvalue weighted by Gasteiger charge is -2.01. The van der Waals surface area contributed by atoms with Crippen molar-refractivity contribution in [3.05, 3.63) is 33.5 Å². The van der Waals surface area contributed by atoms with E-state index in [0.29, 0.717) is 17.7 Å². The van der Waals surface area contributed by atoms with Crippen molar-refractivity contribution in [1.29, 1.82) is 0 Å². The molecule has 0 spiro atoms. The Morgan fingerprint density at radius 3 is 2.87 bits per heavy atom. The summed E-state index contributed by atoms with van der Waals surface area (Å²) in [7, 11) is 1.92. The Morgan fingerprint density at radius 1 is 1.53 bits per heavy atom. The molecular weight excluding hydrogens is 214 g/mol. The molecule has 0 saturated heterocycles. The monoisotopic (exact) mass is 225 g/mol. The lowest BCUT2D eigenvalue weighted by molar-refractivity contribution is 0.627. The van der Waals surface area contributed by atoms with Crippen LogP contribution in [0.1, 0.15) is 5.82 Å². The summed E-state index contributed by atoms with van der Waals surface area (Å²) < 4.78 is 3.81. The van der Waals surface area contributed by atoms with E-state index in [0.717, 1.165) is 5.82 Å². The van der Waals surface area contributed by atoms with Gasteiger partial charge in [0, 0.05) is 32.4 Å². The summed E-state index contributed by atoms with van der Waals surface area (Å²) in [5.74, 6) is 0.928. The van der Waals surface area contributed by atoms with Crippen molar-refractivity contribution in [2.24, 2.45) is 7.05 Å². The molecule has 0 radical (unpaired) electrons. The number of nitrogens with one attached hydrogen (secondary N) is 2. The van der Waals surface area contributed by atoms with E-state index in [4.69, 9.17) is 12.2 Å². The van der Waals surface area contributed by atoms with E-state index in [9.17, 15) is 4.79 Å². The van der Waals surface area contributed by atoms with Gasteiger partial charge in [-0.05, 0) is 12.2 Å². The molecule has 0 atom stereocenters. The lowest BCUT2D eigenvalue weighted by Crippen LogP contribution is -2.19. The predicted octanol–water partition coefficient (Wildman–Crippen LogP) is 0.210. The SMILES string of the molecule is Cn1ccnc1CCn1c(=O)[nH][nH]c1=S. The quantitative estimate of drug-likeness (QED) is 0.733. The molecule has 0 amide bonds. The van der Waals surface area contributed by atoms with Crippen molar-refractivity contribution in [3.8, 4) is 0 Å². The Bertz CT molecular complexity index is 532. The first-order valence-electron chi connectivity index (χ1n) is 4.52. The molecule has 2 N–H and O–H groups in total. The van der Waals surface area contributed by atoms with Crippen molar-refractivity contribution in [1.82, 2.24) is 24.3 Å². The molecule has 0 fully saturated rings. The number of aromatic nitrogens is 5. The molecule has 80 valence electrons. The Kier molecular flexibility index (Phi) is 2.55. The third-order valence-electron chi connectivity index (χ3n) is 2.25. The van der Waals surface area contributed by atoms with E-state index in [-0.39, 0.29) is 5.69 Å². The van der Waals surface area contributed by atoms with Gasteiger partial charge in [0.1, 0.15) is 5.82 Å². The van der Waals surface area contributed by atoms with Gasteiger partial charge in [-0.1, -0.05) is 0 Å². The number of nitrogens with zero attached hydrogens (tertiary/aromatic N) is 3. The van der Waals surface area contributed by atoms with E-state index < -0.39 is 0 Å². The second-order valence-electron chi connectivity index (χ2n) is 3.22. The van der Waals surface area contributed by atoms with Crippen LogP contribution in [0.2, 0.25) is 0 Å². The highest BCUT2D eigenvalue weighted by atomic mass is 32.1. The average Bonchev–Trinajstić information content (AvgIpc) is 2.73. The van der Waals surface area contributed by atoms with E-state index in [1.807, 2.05) is 17.8 Å². The summed E-state index contributed by atoms with van der Waals surface area (Å²) in [6.07, 6.45) is 4.28. The van der Waals surface area contributed by atoms with Crippen LogP contribution in [-0.4, -0.2) is 24.3 Å². The van der Waals surface area contributed by atoms with Crippen LogP contribution >= 0.6 is 12.2 Å². The van der Waals surface area contributed by atoms with Gasteiger partial charge in [0.15, 0.2) is 4.77 Å². The van der Waals surface area contributed by atoms with Crippen molar-refractivity contribution in [2.75, 3.05) is 0 Å². The first-order valence-corrected chi connectivity index (χ1v) is 4.93. The molecule has 2 heterocycles. The number of hydrogen-bond acceptors (Lipinski definition) is 3. The minimum atomic E-state index is -0.214. The zero-order chi connectivity index (χ0) is 10.8. The van der Waals surface area contributed by atoms with Gasteiger partial charge in [-0.15, -0.1) is 0 Å². The Morgan fingerprint density at radius 2 is 2.33 bits per heavy atom. The van der Waals surface area contributed by atoms with Crippen LogP contribution in [-0.2, 0) is 20.0 Å². The van der Waals surface area contributed by atoms with Gasteiger partial charge in [0.25, 0.3) is 0 Å². The molecule has 15 heavy (non-hydrogen) atoms. The van der Waals surface area contributed by atoms with Crippen LogP contribution < -0.4 is 5.69 Å². The minimum absolute atomic E-state index is 0.214. The fourth-order valence-electron chi connectivity index (χ4n) is 1.39. The highest BCUT2D eigenvalue weighted by molar-refractivity contribution is 7.71. The van der Waals surface area contributed by atoms with Gasteiger partial charge in [0.2, 0.25) is 0 Å². The molecule has 6 nitrogen and oxygen atoms in total. The summed E-state index contributed by atoms with van der Waals surface area (Å²) >= 11 is 4.95. The molecule has 7 heteroatoms. The summed E-state index contributed by atoms with van der Waals surface area (Å²) in [6, 6.07) is 0. The van der Waals surface area contributed by atoms with E-state index in [1.165, 1.54) is 4.57 Å². The fourth-order valence-corrected chi connectivity index (χ4v) is 1.61. The second-order valence-corrected chi connectivity index (χ2v) is 3.60. The third kappa shape index (κ3) is 1.91. The molecular formula is C8H11N5OS. The number of aryl methyl sites for hydroxylation is 2. The van der Waals surface area contributed by atoms with Crippen LogP contribution in [0.3, 0.4) is 0 Å². The Hall–Kier alpha value is -1.63. The molecule has 2 aromatic heterocycles. The largest absolute Gasteiger partial charge is 0.342 e. The molecule has 0 aliphatic rings. The summed E-state index contributed by atoms with van der Waals surface area (Å²) in [6.45, 7) is 0.530. The molecule has 0 unspecified atom stereocenters. The lowest BCUT2D eigenvalue weighted by atomic mass is 10.4.